The summed E-state index contributed by atoms with van der Waals surface area (Å²) < 4.78 is 65.3. The van der Waals surface area contributed by atoms with Crippen LogP contribution in [-0.4, -0.2) is 440 Å². The molecule has 143 heavy (non-hydrogen) atoms. The first-order chi connectivity index (χ1) is 66.5. The van der Waals surface area contributed by atoms with Gasteiger partial charge in [0.05, 0.1) is 230 Å². The number of thioether (sulfide) groups is 3. The molecule has 2 rings (SSSR count). The maximum atomic E-state index is 15.8. The summed E-state index contributed by atoms with van der Waals surface area (Å²) in [5.74, 6) is -19.4. The number of hydrogen-bond acceptors (Lipinski definition) is 27. The van der Waals surface area contributed by atoms with E-state index in [0.717, 1.165) is 50.9 Å². The maximum Gasteiger partial charge on any atom is 0.324 e. The third kappa shape index (κ3) is 54.1. The molecule has 1 aromatic carbocycles. The predicted molar refractivity (Wildman–Crippen MR) is 569 cm³/mol. The summed E-state index contributed by atoms with van der Waals surface area (Å²) >= 11 is 17.2. The molecule has 1 saturated heterocycles. The quantitative estimate of drug-likeness (QED) is 0.0120. The number of likely N-dealkylation sites (tertiary alicyclic amines) is 1. The molecule has 0 bridgehead atoms. The lowest BCUT2D eigenvalue weighted by atomic mass is 9.77. The summed E-state index contributed by atoms with van der Waals surface area (Å²) in [6, 6.07) is 9.73. The van der Waals surface area contributed by atoms with Crippen molar-refractivity contribution >= 4 is 140 Å². The molecule has 0 saturated carbocycles. The monoisotopic (exact) mass is 2120 g/mol. The average Bonchev–Trinajstić information content (AvgIpc) is 1.78. The Morgan fingerprint density at radius 2 is 0.734 bits per heavy atom. The maximum absolute atomic E-state index is 15.8. The number of alkyl halides is 1. The molecule has 0 radical (unpaired) electrons. The lowest BCUT2D eigenvalue weighted by Crippen LogP contribution is -2.43. The molecule has 1 N–H and O–H groups in total. The molecule has 3 amide bonds. The highest BCUT2D eigenvalue weighted by Gasteiger charge is 2.46. The Bertz CT molecular complexity index is 4100. The van der Waals surface area contributed by atoms with Crippen LogP contribution in [-0.2, 0) is 110 Å². The van der Waals surface area contributed by atoms with Crippen molar-refractivity contribution in [3.05, 3.63) is 35.9 Å². The van der Waals surface area contributed by atoms with Gasteiger partial charge in [-0.3, -0.25) is 67.2 Å². The van der Waals surface area contributed by atoms with Gasteiger partial charge in [-0.1, -0.05) is 74.6 Å². The third-order valence-corrected chi connectivity index (χ3v) is 32.7. The van der Waals surface area contributed by atoms with E-state index in [1.54, 1.807) is 37.4 Å². The van der Waals surface area contributed by atoms with E-state index in [9.17, 15) is 33.6 Å². The van der Waals surface area contributed by atoms with Crippen molar-refractivity contribution in [1.82, 2.24) is 10.2 Å². The topological polar surface area (TPSA) is 329 Å². The van der Waals surface area contributed by atoms with E-state index in [-0.39, 0.29) is 121 Å². The summed E-state index contributed by atoms with van der Waals surface area (Å²) in [7, 11) is 33.4. The number of carbonyl (C=O) groups excluding carboxylic acids is 13. The van der Waals surface area contributed by atoms with Crippen LogP contribution in [0.1, 0.15) is 184 Å². The largest absolute Gasteiger partial charge is 0.464 e. The van der Waals surface area contributed by atoms with Crippen molar-refractivity contribution in [2.24, 2.45) is 58.7 Å². The van der Waals surface area contributed by atoms with Crippen LogP contribution in [0.3, 0.4) is 0 Å². The Hall–Kier alpha value is -6.36. The van der Waals surface area contributed by atoms with Gasteiger partial charge in [-0.15, -0.1) is 35.1 Å². The Morgan fingerprint density at radius 3 is 1.06 bits per heavy atom. The van der Waals surface area contributed by atoms with Crippen molar-refractivity contribution in [3.8, 4) is 0 Å². The molecule has 822 valence electrons. The van der Waals surface area contributed by atoms with E-state index >= 15 is 28.8 Å². The molecular formula is C105H191ClN10O23S4+8. The van der Waals surface area contributed by atoms with Crippen molar-refractivity contribution < 1.29 is 146 Å². The minimum atomic E-state index is -1.45. The van der Waals surface area contributed by atoms with Crippen LogP contribution in [0.2, 0.25) is 0 Å². The molecular weight excluding hydrogens is 1930 g/mol. The number of esters is 10. The smallest absolute Gasteiger partial charge is 0.324 e. The molecule has 0 aromatic heterocycles. The summed E-state index contributed by atoms with van der Waals surface area (Å²) in [5.41, 5.74) is -0.109. The molecule has 1 aromatic rings. The number of imide groups is 1. The molecule has 33 nitrogen and oxygen atoms in total. The lowest BCUT2D eigenvalue weighted by Gasteiger charge is -2.32. The Kier molecular flexibility index (Phi) is 60.2. The number of amides is 3. The number of likely N-dealkylation sites (N-methyl/N-ethyl adjacent to an activating group) is 8. The zero-order valence-corrected chi connectivity index (χ0v) is 97.3. The standard InChI is InChI=1S/C105H190ClN10O23S4/c1-31-39-64-142-104(140)143-89(79-43-41-40-42-44-79)74-87(92(118)107-77(9)10)76-105(12,13)103(129)139-63-65-141-90-75-91(117)108(93(90)119)45-54-130-94(120)78(11)66-80(95(121)131-55-46-109(14,15)16)67-81(96(122)132-56-47-110(17,18)32-2)68-82(97(123)133-57-48-111(19,20)33-3)69-83(98(124)134-58-49-112(21,22)34-4)70-84(99(125)135-59-50-113(23,24)35-5)71-85(100(126)136-60-51-114(25,26)36-6)72-86(101(127)137-61-52-115(27,28)37-7)73-88(106)102(128)138-62-53-116(29,30)38-8/h40-44,77-78,80-90H,31-39,45-76H2,1-30H3/q+7/p+1. The van der Waals surface area contributed by atoms with E-state index < -0.39 is 180 Å². The number of halogens is 1. The number of ether oxygens (including phenoxy) is 10. The molecule has 0 aliphatic carbocycles. The number of benzene rings is 1. The minimum absolute atomic E-state index is 0.0232. The van der Waals surface area contributed by atoms with Crippen LogP contribution in [0, 0.1) is 58.7 Å². The highest BCUT2D eigenvalue weighted by molar-refractivity contribution is 8.47. The van der Waals surface area contributed by atoms with Gasteiger partial charge < -0.3 is 88.5 Å². The Balaban J connectivity index is 2.97. The first kappa shape index (κ1) is 133. The minimum Gasteiger partial charge on any atom is -0.464 e. The lowest BCUT2D eigenvalue weighted by molar-refractivity contribution is -0.888. The summed E-state index contributed by atoms with van der Waals surface area (Å²) in [4.78, 5) is 194. The van der Waals surface area contributed by atoms with Crippen molar-refractivity contribution in [2.75, 3.05) is 302 Å². The molecule has 1 aliphatic rings. The summed E-state index contributed by atoms with van der Waals surface area (Å²) in [6.07, 6.45) is -0.718. The molecule has 12 atom stereocenters. The van der Waals surface area contributed by atoms with Crippen LogP contribution < -0.4 is 5.32 Å². The van der Waals surface area contributed by atoms with Gasteiger partial charge in [0.2, 0.25) is 17.7 Å². The van der Waals surface area contributed by atoms with Gasteiger partial charge in [0.25, 0.3) is 0 Å². The van der Waals surface area contributed by atoms with E-state index in [2.05, 4.69) is 12.2 Å². The van der Waals surface area contributed by atoms with Crippen LogP contribution in [0.4, 0.5) is 0 Å². The van der Waals surface area contributed by atoms with Crippen molar-refractivity contribution in [2.45, 2.75) is 195 Å². The second-order valence-corrected chi connectivity index (χ2v) is 50.6. The van der Waals surface area contributed by atoms with Gasteiger partial charge >= 0.3 is 59.7 Å². The molecule has 1 heterocycles. The SMILES string of the molecule is CCCCSC(=S)SC(CC(CC(C)(C)C(=O)OCCSC1CC(=O)N(CCOC(=O)C(C)CC(CC(CC(CC(CC(CC(CC(CC(Cl)C(=O)OCC[N+](C)(C)CC)C(=O)OCC[N+](C)(C)CC)C(=O)OCC[N+](C)(C)CC)C(=O)OCC[N+](C)(C)CC)C(=O)OCC[N+](C)(C)CC)C(=O)OCC[N+](C)(C)CC)C(=O)OCC[N+](C)(C)CC)C(=O)OCC[N+](C)(C)C)C1=O)C(=O)NC(C)C)c1ccccc1. The zero-order chi connectivity index (χ0) is 109. The second kappa shape index (κ2) is 64.9. The fourth-order valence-electron chi connectivity index (χ4n) is 15.1. The fourth-order valence-corrected chi connectivity index (χ4v) is 19.3. The zero-order valence-electron chi connectivity index (χ0n) is 93.3. The number of hydrogen-bond donors (Lipinski definition) is 1. The normalized spacial score (nSPS) is 16.0. The first-order valence-electron chi connectivity index (χ1n) is 52.0. The van der Waals surface area contributed by atoms with E-state index in [0.29, 0.717) is 134 Å². The Morgan fingerprint density at radius 1 is 0.413 bits per heavy atom. The summed E-state index contributed by atoms with van der Waals surface area (Å²) in [5, 5.41) is 0.637. The van der Waals surface area contributed by atoms with Gasteiger partial charge in [-0.25, -0.2) is 0 Å². The first-order valence-corrected chi connectivity index (χ1v) is 55.8. The van der Waals surface area contributed by atoms with Gasteiger partial charge in [-0.05, 0) is 158 Å². The molecule has 38 heteroatoms. The summed E-state index contributed by atoms with van der Waals surface area (Å²) in [6.45, 7) is 31.1. The van der Waals surface area contributed by atoms with Gasteiger partial charge in [-0.2, -0.15) is 0 Å². The number of nitrogens with zero attached hydrogens (tertiary/aromatic N) is 9. The van der Waals surface area contributed by atoms with Gasteiger partial charge in [0.15, 0.2) is 0 Å². The number of thiocarbonyl (C=S) groups is 1. The number of carbonyl (C=O) groups is 13. The number of rotatable bonds is 75. The highest BCUT2D eigenvalue weighted by atomic mass is 35.5. The molecule has 0 spiro atoms. The second-order valence-electron chi connectivity index (χ2n) is 45.2. The molecule has 12 unspecified atom stereocenters. The Labute approximate surface area is 882 Å². The van der Waals surface area contributed by atoms with Crippen LogP contribution >= 0.6 is 59.1 Å². The van der Waals surface area contributed by atoms with Crippen LogP contribution in [0.15, 0.2) is 30.3 Å². The van der Waals surface area contributed by atoms with E-state index in [1.165, 1.54) is 6.92 Å². The third-order valence-electron chi connectivity index (χ3n) is 28.3. The molecule has 1 fully saturated rings. The van der Waals surface area contributed by atoms with Gasteiger partial charge in [0.1, 0.15) is 127 Å². The average molecular weight is 2130 g/mol. The molecule has 1 aliphatic heterocycles. The van der Waals surface area contributed by atoms with Crippen molar-refractivity contribution in [3.63, 3.8) is 0 Å². The number of nitrogens with one attached hydrogen (secondary N) is 1. The van der Waals surface area contributed by atoms with Crippen LogP contribution in [0.5, 0.6) is 0 Å². The van der Waals surface area contributed by atoms with E-state index in [1.807, 2.05) is 212 Å². The van der Waals surface area contributed by atoms with Gasteiger partial charge in [0, 0.05) is 29.4 Å². The predicted octanol–water partition coefficient (Wildman–Crippen LogP) is 11.6. The number of quaternary nitrogens is 8. The number of unbranched alkanes of at least 4 members (excludes halogenated alkanes) is 1. The van der Waals surface area contributed by atoms with Crippen LogP contribution in [0.25, 0.3) is 0 Å². The fraction of sp³-hybridized carbons (Fsp3) is 0.810. The van der Waals surface area contributed by atoms with E-state index in [4.69, 9.17) is 71.2 Å². The highest BCUT2D eigenvalue weighted by Crippen LogP contribution is 2.43. The van der Waals surface area contributed by atoms with Crippen molar-refractivity contribution in [1.29, 1.82) is 0 Å².